The Kier molecular flexibility index (Phi) is 6.03. The Morgan fingerprint density at radius 1 is 1.17 bits per heavy atom. The monoisotopic (exact) mass is 282 g/mol. The molecule has 0 fully saturated rings. The van der Waals surface area contributed by atoms with Crippen molar-refractivity contribution in [2.24, 2.45) is 0 Å². The second-order valence-corrected chi connectivity index (χ2v) is 4.96. The molecule has 0 spiro atoms. The maximum Gasteiger partial charge on any atom is 0.122 e. The number of ether oxygens (including phenoxy) is 1. The highest BCUT2D eigenvalue weighted by molar-refractivity contribution is 6.34. The van der Waals surface area contributed by atoms with Crippen molar-refractivity contribution in [2.75, 3.05) is 6.61 Å². The fraction of sp³-hybridized carbons (Fsp3) is 0.200. The molecule has 1 aromatic rings. The van der Waals surface area contributed by atoms with Gasteiger partial charge in [-0.2, -0.15) is 0 Å². The van der Waals surface area contributed by atoms with Crippen LogP contribution in [0.25, 0.3) is 0 Å². The average molecular weight is 283 g/mol. The van der Waals surface area contributed by atoms with Gasteiger partial charge < -0.3 is 4.74 Å². The molecule has 1 aromatic carbocycles. The third-order valence-corrected chi connectivity index (χ3v) is 2.57. The van der Waals surface area contributed by atoms with Crippen LogP contribution in [0.3, 0.4) is 0 Å². The molecule has 0 aliphatic heterocycles. The van der Waals surface area contributed by atoms with Crippen molar-refractivity contribution in [2.45, 2.75) is 13.8 Å². The van der Waals surface area contributed by atoms with Gasteiger partial charge in [0, 0.05) is 10.0 Å². The fourth-order valence-corrected chi connectivity index (χ4v) is 1.73. The van der Waals surface area contributed by atoms with Crippen LogP contribution < -0.4 is 4.74 Å². The molecule has 1 rings (SSSR count). The minimum absolute atomic E-state index is 0.434. The normalized spacial score (nSPS) is 11.0. The molecule has 18 heavy (non-hydrogen) atoms. The van der Waals surface area contributed by atoms with Crippen molar-refractivity contribution >= 4 is 23.2 Å². The molecule has 0 amide bonds. The van der Waals surface area contributed by atoms with Crippen molar-refractivity contribution in [3.63, 3.8) is 0 Å². The third-order valence-electron chi connectivity index (χ3n) is 2.13. The molecule has 0 aromatic heterocycles. The summed E-state index contributed by atoms with van der Waals surface area (Å²) in [7, 11) is 0. The first kappa shape index (κ1) is 14.9. The lowest BCUT2D eigenvalue weighted by Crippen LogP contribution is -1.99. The fourth-order valence-electron chi connectivity index (χ4n) is 1.23. The first-order chi connectivity index (χ1) is 8.51. The van der Waals surface area contributed by atoms with Gasteiger partial charge >= 0.3 is 0 Å². The summed E-state index contributed by atoms with van der Waals surface area (Å²) in [6, 6.07) is 5.13. The van der Waals surface area contributed by atoms with Crippen molar-refractivity contribution in [1.82, 2.24) is 0 Å². The van der Waals surface area contributed by atoms with Crippen LogP contribution in [0.5, 0.6) is 5.75 Å². The number of hydrogen-bond donors (Lipinski definition) is 0. The van der Waals surface area contributed by atoms with Gasteiger partial charge in [-0.25, -0.2) is 0 Å². The first-order valence-electron chi connectivity index (χ1n) is 5.56. The lowest BCUT2D eigenvalue weighted by atomic mass is 10.2. The summed E-state index contributed by atoms with van der Waals surface area (Å²) >= 11 is 11.8. The van der Waals surface area contributed by atoms with Gasteiger partial charge in [-0.3, -0.25) is 0 Å². The molecule has 96 valence electrons. The SMILES string of the molecule is C=C/C(=C\C=C(C)C)COc1cc(Cl)cc(Cl)c1. The largest absolute Gasteiger partial charge is 0.489 e. The minimum atomic E-state index is 0.434. The van der Waals surface area contributed by atoms with Crippen LogP contribution in [-0.2, 0) is 0 Å². The molecule has 1 nitrogen and oxygen atoms in total. The summed E-state index contributed by atoms with van der Waals surface area (Å²) in [5.41, 5.74) is 2.22. The van der Waals surface area contributed by atoms with Gasteiger partial charge in [-0.1, -0.05) is 53.6 Å². The molecule has 0 unspecified atom stereocenters. The van der Waals surface area contributed by atoms with Crippen LogP contribution in [0.15, 0.2) is 54.2 Å². The minimum Gasteiger partial charge on any atom is -0.489 e. The Bertz CT molecular complexity index is 463. The maximum atomic E-state index is 5.89. The molecular formula is C15H16Cl2O. The Balaban J connectivity index is 2.71. The molecule has 0 saturated carbocycles. The van der Waals surface area contributed by atoms with Crippen LogP contribution >= 0.6 is 23.2 Å². The van der Waals surface area contributed by atoms with Gasteiger partial charge in [0.2, 0.25) is 0 Å². The van der Waals surface area contributed by atoms with E-state index in [1.54, 1.807) is 24.3 Å². The van der Waals surface area contributed by atoms with Crippen molar-refractivity contribution < 1.29 is 4.74 Å². The highest BCUT2D eigenvalue weighted by Crippen LogP contribution is 2.24. The second kappa shape index (κ2) is 7.30. The molecule has 0 heterocycles. The summed E-state index contributed by atoms with van der Waals surface area (Å²) in [4.78, 5) is 0. The van der Waals surface area contributed by atoms with Crippen LogP contribution in [0, 0.1) is 0 Å². The van der Waals surface area contributed by atoms with Crippen LogP contribution in [0.2, 0.25) is 10.0 Å². The van der Waals surface area contributed by atoms with Gasteiger partial charge in [-0.15, -0.1) is 0 Å². The van der Waals surface area contributed by atoms with E-state index in [-0.39, 0.29) is 0 Å². The molecular weight excluding hydrogens is 267 g/mol. The summed E-state index contributed by atoms with van der Waals surface area (Å²) in [6.07, 6.45) is 5.77. The molecule has 0 aliphatic carbocycles. The number of halogens is 2. The summed E-state index contributed by atoms with van der Waals surface area (Å²) in [6.45, 7) is 8.26. The lowest BCUT2D eigenvalue weighted by Gasteiger charge is -2.07. The highest BCUT2D eigenvalue weighted by Gasteiger charge is 2.00. The Morgan fingerprint density at radius 2 is 1.78 bits per heavy atom. The van der Waals surface area contributed by atoms with E-state index in [0.717, 1.165) is 5.57 Å². The first-order valence-corrected chi connectivity index (χ1v) is 6.32. The number of benzene rings is 1. The third kappa shape index (κ3) is 5.44. The van der Waals surface area contributed by atoms with Crippen LogP contribution in [0.4, 0.5) is 0 Å². The lowest BCUT2D eigenvalue weighted by molar-refractivity contribution is 0.355. The molecule has 0 saturated heterocycles. The molecule has 0 N–H and O–H groups in total. The zero-order valence-corrected chi connectivity index (χ0v) is 12.1. The zero-order chi connectivity index (χ0) is 13.5. The van der Waals surface area contributed by atoms with E-state index >= 15 is 0 Å². The highest BCUT2D eigenvalue weighted by atomic mass is 35.5. The molecule has 3 heteroatoms. The molecule has 0 aliphatic rings. The van der Waals surface area contributed by atoms with E-state index in [1.165, 1.54) is 5.57 Å². The zero-order valence-electron chi connectivity index (χ0n) is 10.5. The Labute approximate surface area is 118 Å². The summed E-state index contributed by atoms with van der Waals surface area (Å²) < 4.78 is 5.62. The van der Waals surface area contributed by atoms with E-state index in [0.29, 0.717) is 22.4 Å². The maximum absolute atomic E-state index is 5.89. The van der Waals surface area contributed by atoms with Crippen LogP contribution in [0.1, 0.15) is 13.8 Å². The number of allylic oxidation sites excluding steroid dienone is 3. The average Bonchev–Trinajstić information content (AvgIpc) is 2.27. The van der Waals surface area contributed by atoms with Gasteiger partial charge in [0.05, 0.1) is 0 Å². The number of rotatable bonds is 5. The summed E-state index contributed by atoms with van der Waals surface area (Å²) in [5, 5.41) is 1.12. The predicted octanol–water partition coefficient (Wildman–Crippen LogP) is 5.45. The second-order valence-electron chi connectivity index (χ2n) is 4.08. The molecule has 0 bridgehead atoms. The van der Waals surface area contributed by atoms with Crippen molar-refractivity contribution in [1.29, 1.82) is 0 Å². The molecule has 0 radical (unpaired) electrons. The van der Waals surface area contributed by atoms with Gasteiger partial charge in [0.25, 0.3) is 0 Å². The van der Waals surface area contributed by atoms with Gasteiger partial charge in [0.15, 0.2) is 0 Å². The van der Waals surface area contributed by atoms with Crippen molar-refractivity contribution in [3.8, 4) is 5.75 Å². The van der Waals surface area contributed by atoms with Crippen LogP contribution in [-0.4, -0.2) is 6.61 Å². The Morgan fingerprint density at radius 3 is 2.28 bits per heavy atom. The van der Waals surface area contributed by atoms with E-state index in [9.17, 15) is 0 Å². The number of hydrogen-bond acceptors (Lipinski definition) is 1. The van der Waals surface area contributed by atoms with E-state index in [1.807, 2.05) is 26.0 Å². The van der Waals surface area contributed by atoms with E-state index in [4.69, 9.17) is 27.9 Å². The predicted molar refractivity (Wildman–Crippen MR) is 79.7 cm³/mol. The summed E-state index contributed by atoms with van der Waals surface area (Å²) in [5.74, 6) is 0.650. The van der Waals surface area contributed by atoms with Gasteiger partial charge in [0.1, 0.15) is 12.4 Å². The standard InChI is InChI=1S/C15H16Cl2O/c1-4-12(6-5-11(2)3)10-18-15-8-13(16)7-14(17)9-15/h4-9H,1,10H2,2-3H3/b12-6+. The van der Waals surface area contributed by atoms with E-state index in [2.05, 4.69) is 6.58 Å². The van der Waals surface area contributed by atoms with E-state index < -0.39 is 0 Å². The molecule has 0 atom stereocenters. The smallest absolute Gasteiger partial charge is 0.122 e. The van der Waals surface area contributed by atoms with Gasteiger partial charge in [-0.05, 0) is 37.6 Å². The topological polar surface area (TPSA) is 9.23 Å². The van der Waals surface area contributed by atoms with Crippen molar-refractivity contribution in [3.05, 3.63) is 64.2 Å². The quantitative estimate of drug-likeness (QED) is 0.653. The Hall–Kier alpha value is -1.18.